The van der Waals surface area contributed by atoms with Gasteiger partial charge in [0, 0.05) is 11.2 Å². The summed E-state index contributed by atoms with van der Waals surface area (Å²) >= 11 is 5.99. The van der Waals surface area contributed by atoms with Crippen molar-refractivity contribution in [1.29, 1.82) is 0 Å². The molecule has 0 aliphatic carbocycles. The first-order chi connectivity index (χ1) is 14.2. The van der Waals surface area contributed by atoms with Crippen molar-refractivity contribution in [2.45, 2.75) is 13.3 Å². The molecule has 0 saturated carbocycles. The summed E-state index contributed by atoms with van der Waals surface area (Å²) in [6.07, 6.45) is 3.21. The van der Waals surface area contributed by atoms with E-state index >= 15 is 0 Å². The van der Waals surface area contributed by atoms with Crippen molar-refractivity contribution in [2.75, 3.05) is 5.32 Å². The minimum absolute atomic E-state index is 0.198. The number of rotatable bonds is 7. The number of nitrogens with one attached hydrogen (secondary N) is 1. The van der Waals surface area contributed by atoms with Crippen molar-refractivity contribution >= 4 is 23.5 Å². The van der Waals surface area contributed by atoms with Gasteiger partial charge < -0.3 is 4.74 Å². The van der Waals surface area contributed by atoms with Gasteiger partial charge in [0.05, 0.1) is 6.54 Å². The number of nitrogens with zero attached hydrogens (tertiary/aromatic N) is 5. The highest BCUT2D eigenvalue weighted by molar-refractivity contribution is 6.30. The first kappa shape index (κ1) is 18.7. The summed E-state index contributed by atoms with van der Waals surface area (Å²) in [6, 6.07) is 18.5. The fraction of sp³-hybridized carbons (Fsp3) is 0.100. The molecule has 8 nitrogen and oxygen atoms in total. The zero-order chi connectivity index (χ0) is 20.1. The summed E-state index contributed by atoms with van der Waals surface area (Å²) in [5, 5.41) is 11.8. The summed E-state index contributed by atoms with van der Waals surface area (Å²) in [6.45, 7) is 0.693. The molecule has 0 radical (unpaired) electrons. The van der Waals surface area contributed by atoms with Crippen LogP contribution in [0.4, 0.5) is 5.95 Å². The molecule has 0 atom stereocenters. The largest absolute Gasteiger partial charge is 0.471 e. The summed E-state index contributed by atoms with van der Waals surface area (Å²) < 4.78 is 8.76. The van der Waals surface area contributed by atoms with Crippen LogP contribution in [0.25, 0.3) is 0 Å². The molecule has 2 aromatic heterocycles. The number of ether oxygens (including phenoxy) is 1. The standard InChI is InChI=1S/C20H17ClN6O2/c21-16-6-4-5-15(11-16)12-27-13-22-20(25-27)23-19(28)18-9-10-26(24-18)14-29-17-7-2-1-3-8-17/h1-11,13H,12,14H2,(H,23,25,28). The molecule has 0 spiro atoms. The van der Waals surface area contributed by atoms with Gasteiger partial charge in [-0.3, -0.25) is 10.1 Å². The number of benzene rings is 2. The second kappa shape index (κ2) is 8.57. The van der Waals surface area contributed by atoms with E-state index in [4.69, 9.17) is 16.3 Å². The molecular formula is C20H17ClN6O2. The summed E-state index contributed by atoms with van der Waals surface area (Å²) in [5.41, 5.74) is 1.23. The molecule has 0 saturated heterocycles. The van der Waals surface area contributed by atoms with Gasteiger partial charge in [0.2, 0.25) is 5.95 Å². The third kappa shape index (κ3) is 4.99. The molecular weight excluding hydrogens is 392 g/mol. The van der Waals surface area contributed by atoms with Crippen LogP contribution < -0.4 is 10.1 Å². The minimum Gasteiger partial charge on any atom is -0.471 e. The Kier molecular flexibility index (Phi) is 5.53. The minimum atomic E-state index is -0.399. The number of amides is 1. The van der Waals surface area contributed by atoms with E-state index in [1.54, 1.807) is 23.3 Å². The summed E-state index contributed by atoms with van der Waals surface area (Å²) in [4.78, 5) is 16.5. The van der Waals surface area contributed by atoms with Crippen LogP contribution in [0.2, 0.25) is 5.02 Å². The lowest BCUT2D eigenvalue weighted by molar-refractivity contribution is 0.101. The molecule has 0 unspecified atom stereocenters. The smallest absolute Gasteiger partial charge is 0.278 e. The maximum atomic E-state index is 12.4. The molecule has 1 amide bonds. The molecule has 4 aromatic rings. The van der Waals surface area contributed by atoms with Crippen molar-refractivity contribution in [1.82, 2.24) is 24.5 Å². The van der Waals surface area contributed by atoms with Gasteiger partial charge in [0.25, 0.3) is 5.91 Å². The Labute approximate surface area is 171 Å². The molecule has 29 heavy (non-hydrogen) atoms. The first-order valence-electron chi connectivity index (χ1n) is 8.82. The lowest BCUT2D eigenvalue weighted by atomic mass is 10.2. The number of hydrogen-bond donors (Lipinski definition) is 1. The van der Waals surface area contributed by atoms with Crippen LogP contribution in [0.15, 0.2) is 73.2 Å². The van der Waals surface area contributed by atoms with Gasteiger partial charge in [0.1, 0.15) is 12.1 Å². The van der Waals surface area contributed by atoms with Crippen LogP contribution in [-0.4, -0.2) is 30.5 Å². The van der Waals surface area contributed by atoms with Gasteiger partial charge in [-0.1, -0.05) is 41.9 Å². The highest BCUT2D eigenvalue weighted by atomic mass is 35.5. The number of hydrogen-bond acceptors (Lipinski definition) is 5. The van der Waals surface area contributed by atoms with Gasteiger partial charge in [-0.2, -0.15) is 5.10 Å². The SMILES string of the molecule is O=C(Nc1ncn(Cc2cccc(Cl)c2)n1)c1ccn(COc2ccccc2)n1. The Morgan fingerprint density at radius 1 is 1.03 bits per heavy atom. The van der Waals surface area contributed by atoms with Gasteiger partial charge in [-0.15, -0.1) is 5.10 Å². The Bertz CT molecular complexity index is 1110. The highest BCUT2D eigenvalue weighted by Gasteiger charge is 2.12. The predicted molar refractivity (Wildman–Crippen MR) is 108 cm³/mol. The Hall–Kier alpha value is -3.65. The van der Waals surface area contributed by atoms with Gasteiger partial charge in [-0.25, -0.2) is 14.3 Å². The number of carbonyl (C=O) groups is 1. The lowest BCUT2D eigenvalue weighted by Crippen LogP contribution is -2.15. The van der Waals surface area contributed by atoms with E-state index < -0.39 is 5.91 Å². The third-order valence-corrected chi connectivity index (χ3v) is 4.21. The summed E-state index contributed by atoms with van der Waals surface area (Å²) in [7, 11) is 0. The van der Waals surface area contributed by atoms with Crippen molar-refractivity contribution in [3.63, 3.8) is 0 Å². The molecule has 0 aliphatic heterocycles. The quantitative estimate of drug-likeness (QED) is 0.506. The molecule has 0 aliphatic rings. The second-order valence-corrected chi connectivity index (χ2v) is 6.61. The number of halogens is 1. The van der Waals surface area contributed by atoms with Crippen LogP contribution in [0.5, 0.6) is 5.75 Å². The molecule has 2 heterocycles. The normalized spacial score (nSPS) is 10.7. The maximum Gasteiger partial charge on any atom is 0.278 e. The number of para-hydroxylation sites is 1. The molecule has 0 bridgehead atoms. The monoisotopic (exact) mass is 408 g/mol. The molecule has 2 aromatic carbocycles. The van der Waals surface area contributed by atoms with Crippen molar-refractivity contribution in [3.8, 4) is 5.75 Å². The van der Waals surface area contributed by atoms with E-state index in [1.165, 1.54) is 4.68 Å². The molecule has 0 fully saturated rings. The van der Waals surface area contributed by atoms with Crippen LogP contribution in [0.3, 0.4) is 0 Å². The predicted octanol–water partition coefficient (Wildman–Crippen LogP) is 3.47. The zero-order valence-corrected chi connectivity index (χ0v) is 16.0. The average Bonchev–Trinajstić information content (AvgIpc) is 3.37. The van der Waals surface area contributed by atoms with Crippen molar-refractivity contribution < 1.29 is 9.53 Å². The summed E-state index contributed by atoms with van der Waals surface area (Å²) in [5.74, 6) is 0.527. The Morgan fingerprint density at radius 3 is 2.72 bits per heavy atom. The Balaban J connectivity index is 1.34. The van der Waals surface area contributed by atoms with E-state index in [0.29, 0.717) is 11.6 Å². The molecule has 9 heteroatoms. The van der Waals surface area contributed by atoms with Crippen LogP contribution in [-0.2, 0) is 13.3 Å². The fourth-order valence-electron chi connectivity index (χ4n) is 2.63. The van der Waals surface area contributed by atoms with E-state index in [9.17, 15) is 4.79 Å². The van der Waals surface area contributed by atoms with E-state index in [0.717, 1.165) is 11.3 Å². The third-order valence-electron chi connectivity index (χ3n) is 3.98. The first-order valence-corrected chi connectivity index (χ1v) is 9.20. The molecule has 1 N–H and O–H groups in total. The highest BCUT2D eigenvalue weighted by Crippen LogP contribution is 2.12. The topological polar surface area (TPSA) is 86.9 Å². The van der Waals surface area contributed by atoms with Crippen LogP contribution in [0, 0.1) is 0 Å². The van der Waals surface area contributed by atoms with Crippen molar-refractivity contribution in [3.05, 3.63) is 89.5 Å². The number of anilines is 1. The Morgan fingerprint density at radius 2 is 1.90 bits per heavy atom. The number of carbonyl (C=O) groups excluding carboxylic acids is 1. The van der Waals surface area contributed by atoms with Crippen LogP contribution >= 0.6 is 11.6 Å². The van der Waals surface area contributed by atoms with Gasteiger partial charge >= 0.3 is 0 Å². The van der Waals surface area contributed by atoms with Gasteiger partial charge in [0.15, 0.2) is 12.4 Å². The average molecular weight is 409 g/mol. The van der Waals surface area contributed by atoms with E-state index in [-0.39, 0.29) is 18.4 Å². The maximum absolute atomic E-state index is 12.4. The second-order valence-electron chi connectivity index (χ2n) is 6.18. The number of aromatic nitrogens is 5. The van der Waals surface area contributed by atoms with Crippen molar-refractivity contribution in [2.24, 2.45) is 0 Å². The molecule has 146 valence electrons. The fourth-order valence-corrected chi connectivity index (χ4v) is 2.84. The van der Waals surface area contributed by atoms with Gasteiger partial charge in [-0.05, 0) is 35.9 Å². The van der Waals surface area contributed by atoms with E-state index in [1.807, 2.05) is 54.6 Å². The lowest BCUT2D eigenvalue weighted by Gasteiger charge is -2.05. The van der Waals surface area contributed by atoms with Crippen LogP contribution in [0.1, 0.15) is 16.1 Å². The van der Waals surface area contributed by atoms with E-state index in [2.05, 4.69) is 20.5 Å². The zero-order valence-electron chi connectivity index (χ0n) is 15.3. The molecule has 4 rings (SSSR count).